The fourth-order valence-electron chi connectivity index (χ4n) is 1.84. The van der Waals surface area contributed by atoms with Crippen molar-refractivity contribution < 1.29 is 4.39 Å². The molecule has 1 aromatic rings. The van der Waals surface area contributed by atoms with Crippen LogP contribution in [-0.4, -0.2) is 6.04 Å². The molecular weight excluding hydrogens is 248 g/mol. The lowest BCUT2D eigenvalue weighted by Crippen LogP contribution is -2.16. The molecule has 0 aliphatic heterocycles. The molecule has 0 bridgehead atoms. The minimum absolute atomic E-state index is 0.313. The fraction of sp³-hybridized carbons (Fsp3) is 0.500. The lowest BCUT2D eigenvalue weighted by molar-refractivity contribution is 0.626. The summed E-state index contributed by atoms with van der Waals surface area (Å²) in [6, 6.07) is 2.87. The molecule has 1 fully saturated rings. The van der Waals surface area contributed by atoms with Gasteiger partial charge < -0.3 is 5.32 Å². The second-order valence-corrected chi connectivity index (χ2v) is 5.28. The Hall–Kier alpha value is -0.470. The van der Waals surface area contributed by atoms with Crippen molar-refractivity contribution >= 4 is 28.9 Å². The van der Waals surface area contributed by atoms with Gasteiger partial charge in [0.25, 0.3) is 0 Å². The number of rotatable bonds is 4. The maximum atomic E-state index is 13.0. The van der Waals surface area contributed by atoms with Crippen molar-refractivity contribution in [3.63, 3.8) is 0 Å². The van der Waals surface area contributed by atoms with Crippen LogP contribution >= 0.6 is 23.2 Å². The van der Waals surface area contributed by atoms with E-state index in [4.69, 9.17) is 23.2 Å². The van der Waals surface area contributed by atoms with E-state index in [1.54, 1.807) is 0 Å². The van der Waals surface area contributed by atoms with Gasteiger partial charge in [-0.05, 0) is 31.4 Å². The van der Waals surface area contributed by atoms with Gasteiger partial charge in [0.05, 0.1) is 15.7 Å². The molecule has 1 aliphatic carbocycles. The summed E-state index contributed by atoms with van der Waals surface area (Å²) in [5.74, 6) is 0.427. The van der Waals surface area contributed by atoms with E-state index in [1.807, 2.05) is 0 Å². The van der Waals surface area contributed by atoms with Gasteiger partial charge in [-0.25, -0.2) is 4.39 Å². The van der Waals surface area contributed by atoms with Gasteiger partial charge in [-0.3, -0.25) is 0 Å². The zero-order valence-electron chi connectivity index (χ0n) is 9.06. The van der Waals surface area contributed by atoms with E-state index in [0.29, 0.717) is 21.8 Å². The largest absolute Gasteiger partial charge is 0.380 e. The van der Waals surface area contributed by atoms with Crippen LogP contribution in [-0.2, 0) is 0 Å². The van der Waals surface area contributed by atoms with Crippen LogP contribution in [0.2, 0.25) is 10.0 Å². The summed E-state index contributed by atoms with van der Waals surface area (Å²) in [5, 5.41) is 3.93. The number of benzene rings is 1. The number of hydrogen-bond donors (Lipinski definition) is 1. The standard InChI is InChI=1S/C12H14Cl2FN/c1-7(4-8-2-3-8)16-12-10(13)5-9(15)6-11(12)14/h5-8,16H,2-4H2,1H3. The summed E-state index contributed by atoms with van der Waals surface area (Å²) in [7, 11) is 0. The van der Waals surface area contributed by atoms with Crippen molar-refractivity contribution in [1.82, 2.24) is 0 Å². The first-order valence-corrected chi connectivity index (χ1v) is 6.23. The van der Waals surface area contributed by atoms with E-state index in [9.17, 15) is 4.39 Å². The highest BCUT2D eigenvalue weighted by Crippen LogP contribution is 2.36. The first-order valence-electron chi connectivity index (χ1n) is 5.47. The van der Waals surface area contributed by atoms with Gasteiger partial charge in [-0.1, -0.05) is 36.0 Å². The van der Waals surface area contributed by atoms with Gasteiger partial charge in [-0.15, -0.1) is 0 Å². The van der Waals surface area contributed by atoms with Crippen molar-refractivity contribution in [2.75, 3.05) is 5.32 Å². The average Bonchev–Trinajstić information content (AvgIpc) is 2.95. The van der Waals surface area contributed by atoms with Gasteiger partial charge in [0.15, 0.2) is 0 Å². The lowest BCUT2D eigenvalue weighted by Gasteiger charge is -2.17. The molecule has 1 aromatic carbocycles. The minimum Gasteiger partial charge on any atom is -0.380 e. The summed E-state index contributed by atoms with van der Waals surface area (Å²) >= 11 is 11.9. The Bertz CT molecular complexity index is 368. The second kappa shape index (κ2) is 4.80. The molecule has 1 unspecified atom stereocenters. The van der Waals surface area contributed by atoms with E-state index in [0.717, 1.165) is 12.3 Å². The van der Waals surface area contributed by atoms with E-state index in [2.05, 4.69) is 12.2 Å². The van der Waals surface area contributed by atoms with E-state index < -0.39 is 5.82 Å². The molecule has 1 aliphatic rings. The molecule has 0 saturated heterocycles. The molecule has 1 N–H and O–H groups in total. The first kappa shape index (κ1) is 12.0. The van der Waals surface area contributed by atoms with Crippen LogP contribution < -0.4 is 5.32 Å². The third kappa shape index (κ3) is 3.02. The van der Waals surface area contributed by atoms with Gasteiger partial charge in [0, 0.05) is 6.04 Å². The molecule has 2 rings (SSSR count). The zero-order chi connectivity index (χ0) is 11.7. The molecule has 16 heavy (non-hydrogen) atoms. The van der Waals surface area contributed by atoms with Crippen molar-refractivity contribution in [2.45, 2.75) is 32.2 Å². The Balaban J connectivity index is 2.07. The predicted octanol–water partition coefficient (Wildman–Crippen LogP) is 4.73. The van der Waals surface area contributed by atoms with Gasteiger partial charge >= 0.3 is 0 Å². The molecule has 0 aromatic heterocycles. The molecule has 0 spiro atoms. The molecular formula is C12H14Cl2FN. The summed E-state index contributed by atoms with van der Waals surface area (Å²) in [4.78, 5) is 0. The van der Waals surface area contributed by atoms with Crippen LogP contribution in [0.5, 0.6) is 0 Å². The van der Waals surface area contributed by atoms with Crippen LogP contribution in [0.25, 0.3) is 0 Å². The third-order valence-corrected chi connectivity index (χ3v) is 3.38. The third-order valence-electron chi connectivity index (χ3n) is 2.78. The van der Waals surface area contributed by atoms with Crippen LogP contribution in [0.15, 0.2) is 12.1 Å². The summed E-state index contributed by atoms with van der Waals surface area (Å²) in [5.41, 5.74) is 0.637. The molecule has 0 radical (unpaired) electrons. The normalized spacial score (nSPS) is 17.2. The highest BCUT2D eigenvalue weighted by atomic mass is 35.5. The Morgan fingerprint density at radius 3 is 2.44 bits per heavy atom. The van der Waals surface area contributed by atoms with Gasteiger partial charge in [0.1, 0.15) is 5.82 Å². The second-order valence-electron chi connectivity index (χ2n) is 4.47. The van der Waals surface area contributed by atoms with E-state index in [-0.39, 0.29) is 0 Å². The van der Waals surface area contributed by atoms with Crippen LogP contribution in [0, 0.1) is 11.7 Å². The smallest absolute Gasteiger partial charge is 0.126 e. The number of hydrogen-bond acceptors (Lipinski definition) is 1. The molecule has 1 saturated carbocycles. The van der Waals surface area contributed by atoms with Crippen molar-refractivity contribution in [1.29, 1.82) is 0 Å². The van der Waals surface area contributed by atoms with E-state index >= 15 is 0 Å². The molecule has 1 nitrogen and oxygen atoms in total. The molecule has 0 amide bonds. The van der Waals surface area contributed by atoms with E-state index in [1.165, 1.54) is 25.0 Å². The SMILES string of the molecule is CC(CC1CC1)Nc1c(Cl)cc(F)cc1Cl. The maximum Gasteiger partial charge on any atom is 0.126 e. The van der Waals surface area contributed by atoms with Gasteiger partial charge in [0.2, 0.25) is 0 Å². The Morgan fingerprint density at radius 2 is 1.94 bits per heavy atom. The fourth-order valence-corrected chi connectivity index (χ4v) is 2.41. The molecule has 0 heterocycles. The minimum atomic E-state index is -0.407. The Morgan fingerprint density at radius 1 is 1.38 bits per heavy atom. The average molecular weight is 262 g/mol. The number of halogens is 3. The summed E-state index contributed by atoms with van der Waals surface area (Å²) in [6.45, 7) is 2.09. The maximum absolute atomic E-state index is 13.0. The number of nitrogens with one attached hydrogen (secondary N) is 1. The first-order chi connectivity index (χ1) is 7.56. The summed E-state index contributed by atoms with van der Waals surface area (Å²) < 4.78 is 13.0. The number of anilines is 1. The lowest BCUT2D eigenvalue weighted by atomic mass is 10.1. The van der Waals surface area contributed by atoms with Crippen LogP contribution in [0.4, 0.5) is 10.1 Å². The summed E-state index contributed by atoms with van der Waals surface area (Å²) in [6.07, 6.45) is 3.75. The van der Waals surface area contributed by atoms with Crippen LogP contribution in [0.1, 0.15) is 26.2 Å². The topological polar surface area (TPSA) is 12.0 Å². The zero-order valence-corrected chi connectivity index (χ0v) is 10.6. The molecule has 1 atom stereocenters. The van der Waals surface area contributed by atoms with Gasteiger partial charge in [-0.2, -0.15) is 0 Å². The Labute approximate surface area is 105 Å². The monoisotopic (exact) mass is 261 g/mol. The van der Waals surface area contributed by atoms with Crippen molar-refractivity contribution in [3.8, 4) is 0 Å². The Kier molecular flexibility index (Phi) is 3.60. The highest BCUT2D eigenvalue weighted by molar-refractivity contribution is 6.39. The molecule has 88 valence electrons. The van der Waals surface area contributed by atoms with Crippen LogP contribution in [0.3, 0.4) is 0 Å². The van der Waals surface area contributed by atoms with Crippen molar-refractivity contribution in [3.05, 3.63) is 28.0 Å². The highest BCUT2D eigenvalue weighted by Gasteiger charge is 2.24. The van der Waals surface area contributed by atoms with Crippen molar-refractivity contribution in [2.24, 2.45) is 5.92 Å². The quantitative estimate of drug-likeness (QED) is 0.826. The molecule has 4 heteroatoms. The predicted molar refractivity (Wildman–Crippen MR) is 66.8 cm³/mol.